The molecular weight excluding hydrogens is 297 g/mol. The molecule has 22 heavy (non-hydrogen) atoms. The minimum atomic E-state index is -0.249. The van der Waals surface area contributed by atoms with Crippen LogP contribution in [-0.2, 0) is 4.79 Å². The van der Waals surface area contributed by atoms with Crippen LogP contribution < -0.4 is 0 Å². The first-order valence-electron chi connectivity index (χ1n) is 7.43. The number of carbonyl (C=O) groups is 1. The van der Waals surface area contributed by atoms with Crippen molar-refractivity contribution in [3.63, 3.8) is 0 Å². The van der Waals surface area contributed by atoms with E-state index in [0.717, 1.165) is 24.4 Å². The van der Waals surface area contributed by atoms with Gasteiger partial charge in [0.15, 0.2) is 0 Å². The molecule has 1 heterocycles. The highest BCUT2D eigenvalue weighted by Crippen LogP contribution is 2.28. The van der Waals surface area contributed by atoms with Gasteiger partial charge in [-0.2, -0.15) is 0 Å². The van der Waals surface area contributed by atoms with Crippen LogP contribution in [0.15, 0.2) is 59.5 Å². The van der Waals surface area contributed by atoms with Crippen LogP contribution in [0, 0.1) is 5.82 Å². The topological polar surface area (TPSA) is 20.3 Å². The highest BCUT2D eigenvalue weighted by Gasteiger charge is 2.26. The summed E-state index contributed by atoms with van der Waals surface area (Å²) in [6.45, 7) is 1.62. The first-order valence-corrected chi connectivity index (χ1v) is 8.42. The van der Waals surface area contributed by atoms with Crippen molar-refractivity contribution in [2.75, 3.05) is 18.8 Å². The Morgan fingerprint density at radius 1 is 1.14 bits per heavy atom. The predicted octanol–water partition coefficient (Wildman–Crippen LogP) is 3.93. The summed E-state index contributed by atoms with van der Waals surface area (Å²) >= 11 is 1.46. The highest BCUT2D eigenvalue weighted by atomic mass is 32.2. The van der Waals surface area contributed by atoms with E-state index in [1.54, 1.807) is 12.1 Å². The van der Waals surface area contributed by atoms with Gasteiger partial charge in [-0.25, -0.2) is 4.39 Å². The summed E-state index contributed by atoms with van der Waals surface area (Å²) in [7, 11) is 0. The number of hydrogen-bond acceptors (Lipinski definition) is 2. The van der Waals surface area contributed by atoms with Gasteiger partial charge in [-0.05, 0) is 36.2 Å². The second kappa shape index (κ2) is 6.97. The van der Waals surface area contributed by atoms with Crippen molar-refractivity contribution in [2.24, 2.45) is 0 Å². The summed E-state index contributed by atoms with van der Waals surface area (Å²) in [6, 6.07) is 16.6. The van der Waals surface area contributed by atoms with Crippen molar-refractivity contribution in [3.05, 3.63) is 66.0 Å². The number of nitrogens with zero attached hydrogens (tertiary/aromatic N) is 1. The molecule has 1 atom stereocenters. The molecule has 3 rings (SSSR count). The van der Waals surface area contributed by atoms with Crippen molar-refractivity contribution in [2.45, 2.75) is 17.2 Å². The molecule has 0 spiro atoms. The zero-order valence-electron chi connectivity index (χ0n) is 12.2. The number of rotatable bonds is 4. The largest absolute Gasteiger partial charge is 0.341 e. The van der Waals surface area contributed by atoms with E-state index in [9.17, 15) is 9.18 Å². The summed E-state index contributed by atoms with van der Waals surface area (Å²) in [5.41, 5.74) is 1.31. The number of thioether (sulfide) groups is 1. The van der Waals surface area contributed by atoms with Gasteiger partial charge in [0.2, 0.25) is 5.91 Å². The van der Waals surface area contributed by atoms with Crippen LogP contribution in [0.3, 0.4) is 0 Å². The molecule has 1 aliphatic heterocycles. The van der Waals surface area contributed by atoms with Gasteiger partial charge in [0, 0.05) is 23.9 Å². The van der Waals surface area contributed by atoms with E-state index >= 15 is 0 Å². The Balaban J connectivity index is 1.52. The van der Waals surface area contributed by atoms with E-state index in [4.69, 9.17) is 0 Å². The number of likely N-dealkylation sites (tertiary alicyclic amines) is 1. The van der Waals surface area contributed by atoms with Crippen molar-refractivity contribution in [3.8, 4) is 0 Å². The average molecular weight is 315 g/mol. The molecule has 0 bridgehead atoms. The van der Waals surface area contributed by atoms with E-state index in [-0.39, 0.29) is 11.7 Å². The molecule has 1 saturated heterocycles. The molecule has 1 aliphatic rings. The second-order valence-electron chi connectivity index (χ2n) is 5.48. The van der Waals surface area contributed by atoms with E-state index in [1.165, 1.54) is 29.5 Å². The summed E-state index contributed by atoms with van der Waals surface area (Å²) in [4.78, 5) is 15.2. The molecular formula is C18H18FNOS. The number of benzene rings is 2. The average Bonchev–Trinajstić information content (AvgIpc) is 3.05. The molecule has 0 radical (unpaired) electrons. The third-order valence-corrected chi connectivity index (χ3v) is 4.98. The molecule has 0 aromatic heterocycles. The molecule has 0 N–H and O–H groups in total. The SMILES string of the molecule is O=C(CSc1ccc(F)cc1)N1CCC(c2ccccc2)C1. The zero-order chi connectivity index (χ0) is 15.4. The van der Waals surface area contributed by atoms with Crippen LogP contribution in [0.2, 0.25) is 0 Å². The number of hydrogen-bond donors (Lipinski definition) is 0. The standard InChI is InChI=1S/C18H18FNOS/c19-16-6-8-17(9-7-16)22-13-18(21)20-11-10-15(12-20)14-4-2-1-3-5-14/h1-9,15H,10-13H2. The van der Waals surface area contributed by atoms with Gasteiger partial charge in [-0.1, -0.05) is 30.3 Å². The molecule has 114 valence electrons. The maximum Gasteiger partial charge on any atom is 0.232 e. The second-order valence-corrected chi connectivity index (χ2v) is 6.53. The summed E-state index contributed by atoms with van der Waals surface area (Å²) in [6.07, 6.45) is 1.02. The fourth-order valence-electron chi connectivity index (χ4n) is 2.75. The molecule has 0 saturated carbocycles. The quantitative estimate of drug-likeness (QED) is 0.797. The summed E-state index contributed by atoms with van der Waals surface area (Å²) < 4.78 is 12.9. The van der Waals surface area contributed by atoms with Crippen LogP contribution in [0.5, 0.6) is 0 Å². The van der Waals surface area contributed by atoms with E-state index < -0.39 is 0 Å². The Morgan fingerprint density at radius 3 is 2.59 bits per heavy atom. The Morgan fingerprint density at radius 2 is 1.86 bits per heavy atom. The van der Waals surface area contributed by atoms with Gasteiger partial charge in [-0.3, -0.25) is 4.79 Å². The van der Waals surface area contributed by atoms with Crippen molar-refractivity contribution in [1.29, 1.82) is 0 Å². The third-order valence-electron chi connectivity index (χ3n) is 3.99. The van der Waals surface area contributed by atoms with E-state index in [2.05, 4.69) is 12.1 Å². The van der Waals surface area contributed by atoms with Gasteiger partial charge in [0.1, 0.15) is 5.82 Å². The molecule has 2 aromatic carbocycles. The van der Waals surface area contributed by atoms with Crippen molar-refractivity contribution < 1.29 is 9.18 Å². The molecule has 4 heteroatoms. The summed E-state index contributed by atoms with van der Waals surface area (Å²) in [5.74, 6) is 0.766. The van der Waals surface area contributed by atoms with Gasteiger partial charge >= 0.3 is 0 Å². The van der Waals surface area contributed by atoms with Crippen LogP contribution in [0.4, 0.5) is 4.39 Å². The number of amides is 1. The van der Waals surface area contributed by atoms with Crippen molar-refractivity contribution >= 4 is 17.7 Å². The fraction of sp³-hybridized carbons (Fsp3) is 0.278. The van der Waals surface area contributed by atoms with Crippen molar-refractivity contribution in [1.82, 2.24) is 4.90 Å². The third kappa shape index (κ3) is 3.69. The van der Waals surface area contributed by atoms with E-state index in [0.29, 0.717) is 11.7 Å². The lowest BCUT2D eigenvalue weighted by Crippen LogP contribution is -2.29. The van der Waals surface area contributed by atoms with Crippen LogP contribution in [0.25, 0.3) is 0 Å². The summed E-state index contributed by atoms with van der Waals surface area (Å²) in [5, 5.41) is 0. The van der Waals surface area contributed by atoms with E-state index in [1.807, 2.05) is 23.1 Å². The first-order chi connectivity index (χ1) is 10.7. The van der Waals surface area contributed by atoms with Gasteiger partial charge in [0.05, 0.1) is 5.75 Å². The van der Waals surface area contributed by atoms with Crippen LogP contribution in [-0.4, -0.2) is 29.6 Å². The fourth-order valence-corrected chi connectivity index (χ4v) is 3.55. The van der Waals surface area contributed by atoms with Gasteiger partial charge in [0.25, 0.3) is 0 Å². The normalized spacial score (nSPS) is 17.7. The minimum Gasteiger partial charge on any atom is -0.341 e. The predicted molar refractivity (Wildman–Crippen MR) is 87.5 cm³/mol. The lowest BCUT2D eigenvalue weighted by Gasteiger charge is -2.16. The van der Waals surface area contributed by atoms with Crippen LogP contribution in [0.1, 0.15) is 17.9 Å². The van der Waals surface area contributed by atoms with Crippen LogP contribution >= 0.6 is 11.8 Å². The molecule has 0 aliphatic carbocycles. The smallest absolute Gasteiger partial charge is 0.232 e. The number of halogens is 1. The Hall–Kier alpha value is -1.81. The maximum atomic E-state index is 12.9. The highest BCUT2D eigenvalue weighted by molar-refractivity contribution is 8.00. The molecule has 2 aromatic rings. The molecule has 1 amide bonds. The lowest BCUT2D eigenvalue weighted by molar-refractivity contribution is -0.127. The molecule has 2 nitrogen and oxygen atoms in total. The Bertz CT molecular complexity index is 629. The van der Waals surface area contributed by atoms with Gasteiger partial charge in [-0.15, -0.1) is 11.8 Å². The minimum absolute atomic E-state index is 0.160. The Labute approximate surface area is 134 Å². The van der Waals surface area contributed by atoms with Gasteiger partial charge < -0.3 is 4.90 Å². The molecule has 1 unspecified atom stereocenters. The lowest BCUT2D eigenvalue weighted by atomic mass is 9.99. The first kappa shape index (κ1) is 15.1. The Kier molecular flexibility index (Phi) is 4.78. The maximum absolute atomic E-state index is 12.9. The monoisotopic (exact) mass is 315 g/mol. The molecule has 1 fully saturated rings. The zero-order valence-corrected chi connectivity index (χ0v) is 13.1. The number of carbonyl (C=O) groups excluding carboxylic acids is 1.